The van der Waals surface area contributed by atoms with Crippen LogP contribution >= 0.6 is 0 Å². The fraction of sp³-hybridized carbons (Fsp3) is 0.887. The molecule has 0 aromatic rings. The maximum atomic E-state index is 12.5. The summed E-state index contributed by atoms with van der Waals surface area (Å²) in [5.41, 5.74) is 0. The number of ether oxygens (including phenoxy) is 1. The summed E-state index contributed by atoms with van der Waals surface area (Å²) in [5, 5.41) is 23.2. The van der Waals surface area contributed by atoms with Crippen LogP contribution in [0.4, 0.5) is 0 Å². The molecule has 6 heteroatoms. The number of aliphatic hydroxyl groups excluding tert-OH is 2. The van der Waals surface area contributed by atoms with Gasteiger partial charge >= 0.3 is 5.97 Å². The van der Waals surface area contributed by atoms with Crippen molar-refractivity contribution in [1.82, 2.24) is 5.32 Å². The number of aliphatic hydroxyl groups is 2. The van der Waals surface area contributed by atoms with Crippen molar-refractivity contribution in [2.45, 2.75) is 392 Å². The van der Waals surface area contributed by atoms with Crippen LogP contribution in [0.15, 0.2) is 36.5 Å². The van der Waals surface area contributed by atoms with Crippen molar-refractivity contribution in [1.29, 1.82) is 0 Å². The molecule has 6 nitrogen and oxygen atoms in total. The SMILES string of the molecule is CCCCCCCCC/C=C\CCCCCCCC(=O)OCCCCCCCCCCCCCC/C=C\CCCCCCCCCCC(=O)NC(CO)C(O)/C=C/CCCCCCCCCCCCCCCCCCCC. The predicted octanol–water partition coefficient (Wildman–Crippen LogP) is 22.3. The number of hydrogen-bond acceptors (Lipinski definition) is 5. The second kappa shape index (κ2) is 66.6. The van der Waals surface area contributed by atoms with E-state index in [0.717, 1.165) is 44.9 Å². The van der Waals surface area contributed by atoms with Crippen LogP contribution < -0.4 is 5.32 Å². The van der Waals surface area contributed by atoms with Gasteiger partial charge in [0.2, 0.25) is 5.91 Å². The number of hydrogen-bond donors (Lipinski definition) is 3. The molecule has 0 aliphatic carbocycles. The third-order valence-corrected chi connectivity index (χ3v) is 16.1. The summed E-state index contributed by atoms with van der Waals surface area (Å²) in [7, 11) is 0. The van der Waals surface area contributed by atoms with Crippen LogP contribution in [0.5, 0.6) is 0 Å². The van der Waals surface area contributed by atoms with E-state index in [1.807, 2.05) is 6.08 Å². The van der Waals surface area contributed by atoms with Crippen LogP contribution in [0.1, 0.15) is 380 Å². The minimum Gasteiger partial charge on any atom is -0.466 e. The lowest BCUT2D eigenvalue weighted by Crippen LogP contribution is -2.45. The van der Waals surface area contributed by atoms with Crippen molar-refractivity contribution in [2.24, 2.45) is 0 Å². The van der Waals surface area contributed by atoms with Gasteiger partial charge in [0.05, 0.1) is 25.4 Å². The molecule has 0 aliphatic heterocycles. The van der Waals surface area contributed by atoms with E-state index < -0.39 is 12.1 Å². The van der Waals surface area contributed by atoms with Crippen LogP contribution in [0.25, 0.3) is 0 Å². The maximum absolute atomic E-state index is 12.5. The van der Waals surface area contributed by atoms with Crippen LogP contribution in [0.2, 0.25) is 0 Å². The molecule has 0 aromatic heterocycles. The Morgan fingerprint density at radius 2 is 0.610 bits per heavy atom. The fourth-order valence-electron chi connectivity index (χ4n) is 10.8. The van der Waals surface area contributed by atoms with Gasteiger partial charge in [-0.3, -0.25) is 9.59 Å². The van der Waals surface area contributed by atoms with E-state index in [1.54, 1.807) is 6.08 Å². The summed E-state index contributed by atoms with van der Waals surface area (Å²) >= 11 is 0. The van der Waals surface area contributed by atoms with Gasteiger partial charge in [-0.1, -0.05) is 320 Å². The molecule has 1 amide bonds. The van der Waals surface area contributed by atoms with E-state index in [2.05, 4.69) is 43.5 Å². The number of rotatable bonds is 65. The lowest BCUT2D eigenvalue weighted by atomic mass is 10.0. The highest BCUT2D eigenvalue weighted by Gasteiger charge is 2.18. The van der Waals surface area contributed by atoms with Crippen molar-refractivity contribution >= 4 is 11.9 Å². The maximum Gasteiger partial charge on any atom is 0.305 e. The van der Waals surface area contributed by atoms with Gasteiger partial charge in [-0.2, -0.15) is 0 Å². The third-order valence-electron chi connectivity index (χ3n) is 16.1. The predicted molar refractivity (Wildman–Crippen MR) is 338 cm³/mol. The number of esters is 1. The monoisotopic (exact) mass is 1080 g/mol. The van der Waals surface area contributed by atoms with Gasteiger partial charge in [0.15, 0.2) is 0 Å². The normalized spacial score (nSPS) is 12.7. The molecule has 0 aromatic carbocycles. The molecule has 3 N–H and O–H groups in total. The summed E-state index contributed by atoms with van der Waals surface area (Å²) < 4.78 is 5.49. The first-order chi connectivity index (χ1) is 38.0. The number of carbonyl (C=O) groups is 2. The molecular weight excluding hydrogens is 947 g/mol. The zero-order chi connectivity index (χ0) is 55.7. The summed E-state index contributed by atoms with van der Waals surface area (Å²) in [4.78, 5) is 24.6. The number of nitrogens with one attached hydrogen (secondary N) is 1. The first kappa shape index (κ1) is 75.1. The number of allylic oxidation sites excluding steroid dienone is 5. The molecule has 0 saturated heterocycles. The van der Waals surface area contributed by atoms with E-state index >= 15 is 0 Å². The average molecular weight is 1080 g/mol. The van der Waals surface area contributed by atoms with Crippen molar-refractivity contribution in [2.75, 3.05) is 13.2 Å². The van der Waals surface area contributed by atoms with E-state index in [4.69, 9.17) is 4.74 Å². The standard InChI is InChI=1S/C71H135NO5/c1-3-5-7-9-11-13-15-17-19-21-22-29-32-35-39-43-47-51-55-59-63-69(74)68(67-73)72-70(75)64-60-56-52-48-44-40-36-33-30-27-25-23-24-26-28-31-34-38-42-46-50-54-58-62-66-77-71(76)65-61-57-53-49-45-41-37-20-18-16-14-12-10-8-6-4-2/h20,25,27,37,59,63,68-69,73-74H,3-19,21-24,26,28-36,38-58,60-62,64-67H2,1-2H3,(H,72,75)/b27-25-,37-20-,63-59+. The first-order valence-corrected chi connectivity index (χ1v) is 34.8. The topological polar surface area (TPSA) is 95.9 Å². The molecule has 2 atom stereocenters. The molecule has 0 heterocycles. The molecule has 454 valence electrons. The zero-order valence-electron chi connectivity index (χ0n) is 52.0. The second-order valence-corrected chi connectivity index (χ2v) is 23.9. The quantitative estimate of drug-likeness (QED) is 0.0320. The van der Waals surface area contributed by atoms with Crippen molar-refractivity contribution in [3.05, 3.63) is 36.5 Å². The first-order valence-electron chi connectivity index (χ1n) is 34.8. The van der Waals surface area contributed by atoms with E-state index in [9.17, 15) is 19.8 Å². The zero-order valence-corrected chi connectivity index (χ0v) is 52.0. The Morgan fingerprint density at radius 1 is 0.351 bits per heavy atom. The molecular formula is C71H135NO5. The lowest BCUT2D eigenvalue weighted by Gasteiger charge is -2.20. The minimum atomic E-state index is -0.849. The third kappa shape index (κ3) is 63.1. The minimum absolute atomic E-state index is 0.00512. The van der Waals surface area contributed by atoms with E-state index in [0.29, 0.717) is 19.4 Å². The fourth-order valence-corrected chi connectivity index (χ4v) is 10.8. The Balaban J connectivity index is 3.43. The largest absolute Gasteiger partial charge is 0.466 e. The van der Waals surface area contributed by atoms with Gasteiger partial charge in [-0.15, -0.1) is 0 Å². The Morgan fingerprint density at radius 3 is 0.922 bits per heavy atom. The molecule has 0 saturated carbocycles. The highest BCUT2D eigenvalue weighted by Crippen LogP contribution is 2.18. The Labute approximate surface area is 481 Å². The van der Waals surface area contributed by atoms with E-state index in [1.165, 1.54) is 308 Å². The van der Waals surface area contributed by atoms with Crippen LogP contribution in [0.3, 0.4) is 0 Å². The van der Waals surface area contributed by atoms with Crippen molar-refractivity contribution in [3.63, 3.8) is 0 Å². The molecule has 0 bridgehead atoms. The average Bonchev–Trinajstić information content (AvgIpc) is 3.43. The van der Waals surface area contributed by atoms with Crippen LogP contribution in [-0.4, -0.2) is 47.4 Å². The molecule has 0 rings (SSSR count). The second-order valence-electron chi connectivity index (χ2n) is 23.9. The summed E-state index contributed by atoms with van der Waals surface area (Å²) in [6, 6.07) is -0.632. The Kier molecular flexibility index (Phi) is 64.9. The lowest BCUT2D eigenvalue weighted by molar-refractivity contribution is -0.143. The van der Waals surface area contributed by atoms with Gasteiger partial charge in [0.1, 0.15) is 0 Å². The summed E-state index contributed by atoms with van der Waals surface area (Å²) in [6.07, 6.45) is 85.0. The molecule has 0 radical (unpaired) electrons. The van der Waals surface area contributed by atoms with E-state index in [-0.39, 0.29) is 18.5 Å². The van der Waals surface area contributed by atoms with Gasteiger partial charge < -0.3 is 20.3 Å². The van der Waals surface area contributed by atoms with Crippen LogP contribution in [-0.2, 0) is 14.3 Å². The Bertz CT molecular complexity index is 1250. The molecule has 77 heavy (non-hydrogen) atoms. The molecule has 0 aliphatic rings. The van der Waals surface area contributed by atoms with Gasteiger partial charge in [0, 0.05) is 12.8 Å². The van der Waals surface area contributed by atoms with Gasteiger partial charge in [0.25, 0.3) is 0 Å². The number of amides is 1. The van der Waals surface area contributed by atoms with Crippen molar-refractivity contribution < 1.29 is 24.5 Å². The van der Waals surface area contributed by atoms with Crippen molar-refractivity contribution in [3.8, 4) is 0 Å². The highest BCUT2D eigenvalue weighted by molar-refractivity contribution is 5.76. The number of unbranched alkanes of at least 4 members (excludes halogenated alkanes) is 50. The summed E-state index contributed by atoms with van der Waals surface area (Å²) in [6.45, 7) is 4.93. The van der Waals surface area contributed by atoms with Crippen LogP contribution in [0, 0.1) is 0 Å². The van der Waals surface area contributed by atoms with Gasteiger partial charge in [-0.05, 0) is 83.5 Å². The van der Waals surface area contributed by atoms with Gasteiger partial charge in [-0.25, -0.2) is 0 Å². The molecule has 2 unspecified atom stereocenters. The summed E-state index contributed by atoms with van der Waals surface area (Å²) in [5.74, 6) is -0.0644. The molecule has 0 fully saturated rings. The Hall–Kier alpha value is -1.92. The highest BCUT2D eigenvalue weighted by atomic mass is 16.5. The smallest absolute Gasteiger partial charge is 0.305 e. The molecule has 0 spiro atoms. The number of carbonyl (C=O) groups excluding carboxylic acids is 2.